The minimum atomic E-state index is -0.389. The van der Waals surface area contributed by atoms with Crippen LogP contribution < -0.4 is 10.1 Å². The molecule has 1 heterocycles. The second kappa shape index (κ2) is 10.6. The van der Waals surface area contributed by atoms with Gasteiger partial charge in [0.05, 0.1) is 17.9 Å². The Labute approximate surface area is 185 Å². The fourth-order valence-electron chi connectivity index (χ4n) is 2.79. The van der Waals surface area contributed by atoms with Gasteiger partial charge >= 0.3 is 5.97 Å². The largest absolute Gasteiger partial charge is 0.483 e. The summed E-state index contributed by atoms with van der Waals surface area (Å²) in [4.78, 5) is 24.0. The number of para-hydroxylation sites is 1. The van der Waals surface area contributed by atoms with Gasteiger partial charge in [-0.3, -0.25) is 4.79 Å². The SMILES string of the molecule is CCOC(=O)c1ccc(NC(=O)CSc2nnc([C@@H](C)Oc3ccccc3)n2C)cc1. The molecule has 0 unspecified atom stereocenters. The molecule has 3 aromatic rings. The molecule has 2 aromatic carbocycles. The van der Waals surface area contributed by atoms with Crippen LogP contribution in [0.1, 0.15) is 36.1 Å². The van der Waals surface area contributed by atoms with Gasteiger partial charge in [0, 0.05) is 12.7 Å². The maximum Gasteiger partial charge on any atom is 0.338 e. The summed E-state index contributed by atoms with van der Waals surface area (Å²) < 4.78 is 12.7. The van der Waals surface area contributed by atoms with E-state index in [4.69, 9.17) is 9.47 Å². The van der Waals surface area contributed by atoms with Crippen LogP contribution in [0.25, 0.3) is 0 Å². The lowest BCUT2D eigenvalue weighted by Crippen LogP contribution is -2.15. The lowest BCUT2D eigenvalue weighted by Gasteiger charge is -2.14. The van der Waals surface area contributed by atoms with E-state index in [9.17, 15) is 9.59 Å². The van der Waals surface area contributed by atoms with Crippen LogP contribution >= 0.6 is 11.8 Å². The molecule has 0 aliphatic carbocycles. The van der Waals surface area contributed by atoms with E-state index in [1.807, 2.05) is 48.9 Å². The summed E-state index contributed by atoms with van der Waals surface area (Å²) in [7, 11) is 1.84. The molecule has 0 radical (unpaired) electrons. The minimum Gasteiger partial charge on any atom is -0.483 e. The number of esters is 1. The van der Waals surface area contributed by atoms with E-state index in [1.54, 1.807) is 31.2 Å². The molecule has 0 aliphatic rings. The van der Waals surface area contributed by atoms with E-state index < -0.39 is 0 Å². The van der Waals surface area contributed by atoms with E-state index in [-0.39, 0.29) is 23.7 Å². The Morgan fingerprint density at radius 3 is 2.48 bits per heavy atom. The number of nitrogens with one attached hydrogen (secondary N) is 1. The first kappa shape index (κ1) is 22.4. The highest BCUT2D eigenvalue weighted by Gasteiger charge is 2.18. The monoisotopic (exact) mass is 440 g/mol. The Hall–Kier alpha value is -3.33. The summed E-state index contributed by atoms with van der Waals surface area (Å²) in [5, 5.41) is 11.8. The van der Waals surface area contributed by atoms with Crippen molar-refractivity contribution in [1.29, 1.82) is 0 Å². The molecule has 0 fully saturated rings. The van der Waals surface area contributed by atoms with Crippen molar-refractivity contribution in [2.75, 3.05) is 17.7 Å². The predicted octanol–water partition coefficient (Wildman–Crippen LogP) is 3.86. The number of hydrogen-bond acceptors (Lipinski definition) is 7. The number of benzene rings is 2. The fraction of sp³-hybridized carbons (Fsp3) is 0.273. The number of ether oxygens (including phenoxy) is 2. The van der Waals surface area contributed by atoms with Gasteiger partial charge in [-0.05, 0) is 50.2 Å². The number of hydrogen-bond donors (Lipinski definition) is 1. The smallest absolute Gasteiger partial charge is 0.338 e. The molecule has 31 heavy (non-hydrogen) atoms. The third kappa shape index (κ3) is 6.08. The highest BCUT2D eigenvalue weighted by molar-refractivity contribution is 7.99. The van der Waals surface area contributed by atoms with Gasteiger partial charge in [0.1, 0.15) is 5.75 Å². The zero-order valence-corrected chi connectivity index (χ0v) is 18.4. The quantitative estimate of drug-likeness (QED) is 0.399. The van der Waals surface area contributed by atoms with Crippen molar-refractivity contribution in [1.82, 2.24) is 14.8 Å². The summed E-state index contributed by atoms with van der Waals surface area (Å²) in [5.74, 6) is 1.01. The second-order valence-electron chi connectivity index (χ2n) is 6.61. The summed E-state index contributed by atoms with van der Waals surface area (Å²) >= 11 is 1.28. The lowest BCUT2D eigenvalue weighted by molar-refractivity contribution is -0.113. The molecule has 1 N–H and O–H groups in total. The minimum absolute atomic E-state index is 0.166. The molecule has 0 spiro atoms. The number of rotatable bonds is 9. The molecule has 0 bridgehead atoms. The third-order valence-corrected chi connectivity index (χ3v) is 5.32. The molecular formula is C22H24N4O4S. The number of thioether (sulfide) groups is 1. The normalized spacial score (nSPS) is 11.6. The molecule has 9 heteroatoms. The van der Waals surface area contributed by atoms with E-state index in [0.29, 0.717) is 28.8 Å². The van der Waals surface area contributed by atoms with Crippen LogP contribution in [-0.2, 0) is 16.6 Å². The van der Waals surface area contributed by atoms with Crippen molar-refractivity contribution in [2.24, 2.45) is 7.05 Å². The zero-order chi connectivity index (χ0) is 22.2. The van der Waals surface area contributed by atoms with Crippen molar-refractivity contribution >= 4 is 29.3 Å². The summed E-state index contributed by atoms with van der Waals surface area (Å²) in [6.07, 6.45) is -0.291. The Morgan fingerprint density at radius 1 is 1.10 bits per heavy atom. The first-order valence-corrected chi connectivity index (χ1v) is 10.8. The molecule has 1 aromatic heterocycles. The number of anilines is 1. The Kier molecular flexibility index (Phi) is 7.66. The average Bonchev–Trinajstić information content (AvgIpc) is 3.14. The Bertz CT molecular complexity index is 1020. The number of amides is 1. The lowest BCUT2D eigenvalue weighted by atomic mass is 10.2. The number of aromatic nitrogens is 3. The molecular weight excluding hydrogens is 416 g/mol. The number of carbonyl (C=O) groups is 2. The highest BCUT2D eigenvalue weighted by atomic mass is 32.2. The zero-order valence-electron chi connectivity index (χ0n) is 17.6. The number of carbonyl (C=O) groups excluding carboxylic acids is 2. The van der Waals surface area contributed by atoms with Crippen LogP contribution in [0.5, 0.6) is 5.75 Å². The Balaban J connectivity index is 1.53. The van der Waals surface area contributed by atoms with E-state index in [1.165, 1.54) is 11.8 Å². The van der Waals surface area contributed by atoms with Crippen LogP contribution in [0.3, 0.4) is 0 Å². The molecule has 0 saturated heterocycles. The van der Waals surface area contributed by atoms with Crippen molar-refractivity contribution in [3.63, 3.8) is 0 Å². The van der Waals surface area contributed by atoms with Crippen molar-refractivity contribution < 1.29 is 19.1 Å². The van der Waals surface area contributed by atoms with Gasteiger partial charge in [-0.1, -0.05) is 30.0 Å². The first-order valence-electron chi connectivity index (χ1n) is 9.78. The molecule has 3 rings (SSSR count). The summed E-state index contributed by atoms with van der Waals surface area (Å²) in [6, 6.07) is 16.1. The maximum absolute atomic E-state index is 12.3. The molecule has 162 valence electrons. The molecule has 8 nitrogen and oxygen atoms in total. The van der Waals surface area contributed by atoms with Crippen LogP contribution in [0.15, 0.2) is 59.8 Å². The van der Waals surface area contributed by atoms with Crippen LogP contribution in [0.4, 0.5) is 5.69 Å². The van der Waals surface area contributed by atoms with Gasteiger partial charge in [0.25, 0.3) is 0 Å². The molecule has 1 atom stereocenters. The van der Waals surface area contributed by atoms with E-state index in [0.717, 1.165) is 5.75 Å². The molecule has 0 saturated carbocycles. The van der Waals surface area contributed by atoms with E-state index >= 15 is 0 Å². The van der Waals surface area contributed by atoms with Crippen LogP contribution in [0.2, 0.25) is 0 Å². The van der Waals surface area contributed by atoms with Gasteiger partial charge in [-0.15, -0.1) is 10.2 Å². The predicted molar refractivity (Wildman–Crippen MR) is 118 cm³/mol. The Morgan fingerprint density at radius 2 is 1.81 bits per heavy atom. The van der Waals surface area contributed by atoms with Gasteiger partial charge in [-0.2, -0.15) is 0 Å². The average molecular weight is 441 g/mol. The topological polar surface area (TPSA) is 95.3 Å². The third-order valence-electron chi connectivity index (χ3n) is 4.30. The van der Waals surface area contributed by atoms with Gasteiger partial charge in [0.15, 0.2) is 17.1 Å². The summed E-state index contributed by atoms with van der Waals surface area (Å²) in [6.45, 7) is 3.97. The standard InChI is InChI=1S/C22H24N4O4S/c1-4-29-21(28)16-10-12-17(13-11-16)23-19(27)14-31-22-25-24-20(26(22)3)15(2)30-18-8-6-5-7-9-18/h5-13,15H,4,14H2,1-3H3,(H,23,27)/t15-/m1/s1. The summed E-state index contributed by atoms with van der Waals surface area (Å²) in [5.41, 5.74) is 1.04. The van der Waals surface area contributed by atoms with Gasteiger partial charge in [0.2, 0.25) is 5.91 Å². The second-order valence-corrected chi connectivity index (χ2v) is 7.55. The highest BCUT2D eigenvalue weighted by Crippen LogP contribution is 2.23. The van der Waals surface area contributed by atoms with Gasteiger partial charge in [-0.25, -0.2) is 4.79 Å². The van der Waals surface area contributed by atoms with Crippen LogP contribution in [0, 0.1) is 0 Å². The fourth-order valence-corrected chi connectivity index (χ4v) is 3.51. The van der Waals surface area contributed by atoms with Gasteiger partial charge < -0.3 is 19.4 Å². The molecule has 1 amide bonds. The van der Waals surface area contributed by atoms with Crippen molar-refractivity contribution in [3.8, 4) is 5.75 Å². The first-order chi connectivity index (χ1) is 15.0. The van der Waals surface area contributed by atoms with Crippen LogP contribution in [-0.4, -0.2) is 39.0 Å². The van der Waals surface area contributed by atoms with Crippen molar-refractivity contribution in [2.45, 2.75) is 25.1 Å². The van der Waals surface area contributed by atoms with Crippen molar-refractivity contribution in [3.05, 3.63) is 66.0 Å². The molecule has 0 aliphatic heterocycles. The maximum atomic E-state index is 12.3. The number of nitrogens with zero attached hydrogens (tertiary/aromatic N) is 3. The van der Waals surface area contributed by atoms with E-state index in [2.05, 4.69) is 15.5 Å².